The zero-order valence-corrected chi connectivity index (χ0v) is 8.43. The Labute approximate surface area is 80.4 Å². The summed E-state index contributed by atoms with van der Waals surface area (Å²) in [6.07, 6.45) is 1.16. The predicted octanol–water partition coefficient (Wildman–Crippen LogP) is 2.23. The molecule has 0 aliphatic rings. The number of hydrogen-bond donors (Lipinski definition) is 2. The number of para-hydroxylation sites is 1. The normalized spacial score (nSPS) is 10.0. The van der Waals surface area contributed by atoms with Gasteiger partial charge in [-0.3, -0.25) is 0 Å². The van der Waals surface area contributed by atoms with Crippen molar-refractivity contribution in [2.24, 2.45) is 0 Å². The minimum Gasteiger partial charge on any atom is -0.385 e. The molecule has 0 bridgehead atoms. The van der Waals surface area contributed by atoms with Gasteiger partial charge in [-0.05, 0) is 25.1 Å². The van der Waals surface area contributed by atoms with Crippen LogP contribution in [-0.4, -0.2) is 13.6 Å². The van der Waals surface area contributed by atoms with Crippen molar-refractivity contribution in [2.75, 3.05) is 18.9 Å². The highest BCUT2D eigenvalue weighted by Gasteiger charge is 1.97. The Hall–Kier alpha value is -1.02. The molecule has 72 valence electrons. The molecule has 0 saturated carbocycles. The molecular weight excluding hydrogens is 160 g/mol. The summed E-state index contributed by atoms with van der Waals surface area (Å²) in [5.74, 6) is 0. The Bertz CT molecular complexity index is 246. The molecule has 0 amide bonds. The van der Waals surface area contributed by atoms with Gasteiger partial charge in [-0.1, -0.05) is 25.1 Å². The van der Waals surface area contributed by atoms with E-state index >= 15 is 0 Å². The fraction of sp³-hybridized carbons (Fsp3) is 0.455. The maximum Gasteiger partial charge on any atom is 0.0385 e. The molecule has 2 N–H and O–H groups in total. The first-order valence-corrected chi connectivity index (χ1v) is 4.85. The summed E-state index contributed by atoms with van der Waals surface area (Å²) in [6, 6.07) is 8.41. The molecule has 1 aromatic rings. The molecule has 13 heavy (non-hydrogen) atoms. The average Bonchev–Trinajstić information content (AvgIpc) is 2.17. The standard InChI is InChI=1S/C11H18N2/c1-3-8-13-11-7-5-4-6-10(11)9-12-2/h4-7,12-13H,3,8-9H2,1-2H3. The van der Waals surface area contributed by atoms with Crippen molar-refractivity contribution >= 4 is 5.69 Å². The summed E-state index contributed by atoms with van der Waals surface area (Å²) < 4.78 is 0. The van der Waals surface area contributed by atoms with E-state index in [9.17, 15) is 0 Å². The van der Waals surface area contributed by atoms with Crippen LogP contribution >= 0.6 is 0 Å². The van der Waals surface area contributed by atoms with Crippen LogP contribution in [0.3, 0.4) is 0 Å². The van der Waals surface area contributed by atoms with Crippen molar-refractivity contribution in [3.8, 4) is 0 Å². The lowest BCUT2D eigenvalue weighted by molar-refractivity contribution is 0.817. The van der Waals surface area contributed by atoms with E-state index in [1.807, 2.05) is 7.05 Å². The van der Waals surface area contributed by atoms with E-state index in [0.29, 0.717) is 0 Å². The highest BCUT2D eigenvalue weighted by atomic mass is 14.9. The van der Waals surface area contributed by atoms with Crippen LogP contribution in [0, 0.1) is 0 Å². The second-order valence-electron chi connectivity index (χ2n) is 3.11. The first-order valence-electron chi connectivity index (χ1n) is 4.85. The van der Waals surface area contributed by atoms with Crippen molar-refractivity contribution in [1.29, 1.82) is 0 Å². The Balaban J connectivity index is 2.66. The Morgan fingerprint density at radius 2 is 2.00 bits per heavy atom. The molecule has 0 unspecified atom stereocenters. The summed E-state index contributed by atoms with van der Waals surface area (Å²) in [6.45, 7) is 4.14. The van der Waals surface area contributed by atoms with Gasteiger partial charge in [0.05, 0.1) is 0 Å². The number of nitrogens with one attached hydrogen (secondary N) is 2. The summed E-state index contributed by atoms with van der Waals surface area (Å²) in [7, 11) is 1.97. The first-order chi connectivity index (χ1) is 6.38. The molecule has 2 nitrogen and oxygen atoms in total. The van der Waals surface area contributed by atoms with Gasteiger partial charge in [0, 0.05) is 18.8 Å². The van der Waals surface area contributed by atoms with E-state index in [0.717, 1.165) is 19.5 Å². The number of hydrogen-bond acceptors (Lipinski definition) is 2. The van der Waals surface area contributed by atoms with Crippen LogP contribution in [0.5, 0.6) is 0 Å². The van der Waals surface area contributed by atoms with Gasteiger partial charge in [0.15, 0.2) is 0 Å². The van der Waals surface area contributed by atoms with Gasteiger partial charge in [0.1, 0.15) is 0 Å². The molecule has 0 radical (unpaired) electrons. The fourth-order valence-corrected chi connectivity index (χ4v) is 1.30. The van der Waals surface area contributed by atoms with Gasteiger partial charge in [0.2, 0.25) is 0 Å². The maximum atomic E-state index is 3.41. The molecule has 0 heterocycles. The monoisotopic (exact) mass is 178 g/mol. The lowest BCUT2D eigenvalue weighted by atomic mass is 10.1. The van der Waals surface area contributed by atoms with Crippen molar-refractivity contribution in [2.45, 2.75) is 19.9 Å². The summed E-state index contributed by atoms with van der Waals surface area (Å²) in [4.78, 5) is 0. The molecule has 2 heteroatoms. The molecule has 1 rings (SSSR count). The molecule has 0 aliphatic heterocycles. The quantitative estimate of drug-likeness (QED) is 0.722. The maximum absolute atomic E-state index is 3.41. The third-order valence-electron chi connectivity index (χ3n) is 1.95. The van der Waals surface area contributed by atoms with Crippen molar-refractivity contribution in [3.05, 3.63) is 29.8 Å². The van der Waals surface area contributed by atoms with Gasteiger partial charge in [-0.15, -0.1) is 0 Å². The predicted molar refractivity (Wildman–Crippen MR) is 58.0 cm³/mol. The second-order valence-corrected chi connectivity index (χ2v) is 3.11. The van der Waals surface area contributed by atoms with Gasteiger partial charge in [-0.25, -0.2) is 0 Å². The topological polar surface area (TPSA) is 24.1 Å². The van der Waals surface area contributed by atoms with Crippen LogP contribution in [0.15, 0.2) is 24.3 Å². The van der Waals surface area contributed by atoms with Crippen molar-refractivity contribution in [1.82, 2.24) is 5.32 Å². The smallest absolute Gasteiger partial charge is 0.0385 e. The number of benzene rings is 1. The molecule has 0 saturated heterocycles. The lowest BCUT2D eigenvalue weighted by Crippen LogP contribution is -2.09. The van der Waals surface area contributed by atoms with Crippen LogP contribution in [0.1, 0.15) is 18.9 Å². The van der Waals surface area contributed by atoms with E-state index in [1.165, 1.54) is 11.3 Å². The average molecular weight is 178 g/mol. The SMILES string of the molecule is CCCNc1ccccc1CNC. The Morgan fingerprint density at radius 1 is 1.23 bits per heavy atom. The van der Waals surface area contributed by atoms with Crippen molar-refractivity contribution in [3.63, 3.8) is 0 Å². The highest BCUT2D eigenvalue weighted by molar-refractivity contribution is 5.50. The highest BCUT2D eigenvalue weighted by Crippen LogP contribution is 2.14. The van der Waals surface area contributed by atoms with E-state index in [2.05, 4.69) is 41.8 Å². The molecular formula is C11H18N2. The van der Waals surface area contributed by atoms with Crippen LogP contribution in [0.2, 0.25) is 0 Å². The first kappa shape index (κ1) is 10.1. The number of anilines is 1. The molecule has 0 spiro atoms. The molecule has 0 atom stereocenters. The van der Waals surface area contributed by atoms with Crippen molar-refractivity contribution < 1.29 is 0 Å². The fourth-order valence-electron chi connectivity index (χ4n) is 1.30. The van der Waals surface area contributed by atoms with Crippen LogP contribution in [-0.2, 0) is 6.54 Å². The lowest BCUT2D eigenvalue weighted by Gasteiger charge is -2.10. The summed E-state index contributed by atoms with van der Waals surface area (Å²) in [5, 5.41) is 6.57. The Morgan fingerprint density at radius 3 is 2.69 bits per heavy atom. The number of rotatable bonds is 5. The third-order valence-corrected chi connectivity index (χ3v) is 1.95. The third kappa shape index (κ3) is 3.07. The largest absolute Gasteiger partial charge is 0.385 e. The van der Waals surface area contributed by atoms with E-state index in [-0.39, 0.29) is 0 Å². The molecule has 0 aliphatic carbocycles. The van der Waals surface area contributed by atoms with Gasteiger partial charge in [0.25, 0.3) is 0 Å². The molecule has 0 aromatic heterocycles. The van der Waals surface area contributed by atoms with Crippen LogP contribution in [0.4, 0.5) is 5.69 Å². The Kier molecular flexibility index (Phi) is 4.33. The summed E-state index contributed by atoms with van der Waals surface area (Å²) >= 11 is 0. The minimum atomic E-state index is 0.923. The molecule has 0 fully saturated rings. The van der Waals surface area contributed by atoms with E-state index in [1.54, 1.807) is 0 Å². The van der Waals surface area contributed by atoms with E-state index in [4.69, 9.17) is 0 Å². The second kappa shape index (κ2) is 5.60. The van der Waals surface area contributed by atoms with Gasteiger partial charge >= 0.3 is 0 Å². The van der Waals surface area contributed by atoms with Gasteiger partial charge in [-0.2, -0.15) is 0 Å². The zero-order valence-electron chi connectivity index (χ0n) is 8.43. The minimum absolute atomic E-state index is 0.923. The zero-order chi connectivity index (χ0) is 9.52. The summed E-state index contributed by atoms with van der Waals surface area (Å²) in [5.41, 5.74) is 2.58. The van der Waals surface area contributed by atoms with Gasteiger partial charge < -0.3 is 10.6 Å². The van der Waals surface area contributed by atoms with E-state index < -0.39 is 0 Å². The van der Waals surface area contributed by atoms with Crippen LogP contribution < -0.4 is 10.6 Å². The molecule has 1 aromatic carbocycles. The van der Waals surface area contributed by atoms with Crippen LogP contribution in [0.25, 0.3) is 0 Å².